The van der Waals surface area contributed by atoms with E-state index in [0.717, 1.165) is 31.2 Å². The average Bonchev–Trinajstić information content (AvgIpc) is 2.56. The normalized spacial score (nSPS) is 18.8. The van der Waals surface area contributed by atoms with Crippen LogP contribution in [0.25, 0.3) is 0 Å². The highest BCUT2D eigenvalue weighted by molar-refractivity contribution is 7.73. The van der Waals surface area contributed by atoms with E-state index >= 15 is 0 Å². The van der Waals surface area contributed by atoms with E-state index < -0.39 is 13.2 Å². The molecule has 1 saturated carbocycles. The van der Waals surface area contributed by atoms with Crippen molar-refractivity contribution in [3.63, 3.8) is 0 Å². The van der Waals surface area contributed by atoms with E-state index in [-0.39, 0.29) is 5.30 Å². The molecule has 0 aliphatic heterocycles. The van der Waals surface area contributed by atoms with E-state index in [1.807, 2.05) is 12.1 Å². The molecule has 2 aromatic carbocycles. The van der Waals surface area contributed by atoms with Crippen molar-refractivity contribution in [1.29, 1.82) is 0 Å². The molecule has 2 nitrogen and oxygen atoms in total. The monoisotopic (exact) mass is 318 g/mol. The van der Waals surface area contributed by atoms with Gasteiger partial charge in [-0.2, -0.15) is 0 Å². The maximum atomic E-state index is 14.0. The van der Waals surface area contributed by atoms with Crippen LogP contribution in [-0.2, 0) is 4.57 Å². The summed E-state index contributed by atoms with van der Waals surface area (Å²) in [4.78, 5) is 10.7. The summed E-state index contributed by atoms with van der Waals surface area (Å²) in [7, 11) is -3.91. The second kappa shape index (κ2) is 6.36. The van der Waals surface area contributed by atoms with Crippen LogP contribution in [0.5, 0.6) is 0 Å². The van der Waals surface area contributed by atoms with Crippen molar-refractivity contribution in [3.05, 3.63) is 59.9 Å². The molecule has 4 heteroatoms. The maximum absolute atomic E-state index is 14.0. The van der Waals surface area contributed by atoms with E-state index in [1.165, 1.54) is 24.6 Å². The van der Waals surface area contributed by atoms with Gasteiger partial charge in [0.1, 0.15) is 5.82 Å². The van der Waals surface area contributed by atoms with E-state index in [2.05, 4.69) is 0 Å². The molecular weight excluding hydrogens is 298 g/mol. The zero-order chi connectivity index (χ0) is 15.6. The highest BCUT2D eigenvalue weighted by atomic mass is 31.2. The van der Waals surface area contributed by atoms with Crippen molar-refractivity contribution in [2.24, 2.45) is 0 Å². The van der Waals surface area contributed by atoms with Gasteiger partial charge >= 0.3 is 0 Å². The standard InChI is InChI=1S/C18H20FO2P/c19-16-11-5-7-13-18(16)22(20,21)17-12-6-4-10-15(17)14-8-2-1-3-9-14/h4-7,10-14H,1-3,8-9H2,(H,20,21). The van der Waals surface area contributed by atoms with Crippen molar-refractivity contribution >= 4 is 18.0 Å². The second-order valence-corrected chi connectivity index (χ2v) is 8.04. The Bertz CT molecular complexity index is 708. The number of benzene rings is 2. The second-order valence-electron chi connectivity index (χ2n) is 5.92. The van der Waals surface area contributed by atoms with Crippen molar-refractivity contribution in [2.75, 3.05) is 0 Å². The molecule has 1 fully saturated rings. The van der Waals surface area contributed by atoms with Crippen LogP contribution in [0.15, 0.2) is 48.5 Å². The lowest BCUT2D eigenvalue weighted by molar-refractivity contribution is 0.443. The minimum Gasteiger partial charge on any atom is -0.338 e. The summed E-state index contributed by atoms with van der Waals surface area (Å²) in [6.45, 7) is 0. The minimum absolute atomic E-state index is 0.0988. The van der Waals surface area contributed by atoms with Crippen LogP contribution in [0.2, 0.25) is 0 Å². The van der Waals surface area contributed by atoms with Gasteiger partial charge in [0.2, 0.25) is 0 Å². The first kappa shape index (κ1) is 15.5. The minimum atomic E-state index is -3.91. The Morgan fingerprint density at radius 2 is 1.50 bits per heavy atom. The Morgan fingerprint density at radius 1 is 0.909 bits per heavy atom. The molecule has 0 radical (unpaired) electrons. The summed E-state index contributed by atoms with van der Waals surface area (Å²) in [6.07, 6.45) is 5.59. The first-order chi connectivity index (χ1) is 10.6. The van der Waals surface area contributed by atoms with E-state index in [4.69, 9.17) is 0 Å². The third-order valence-corrected chi connectivity index (χ3v) is 6.56. The van der Waals surface area contributed by atoms with Gasteiger partial charge in [0.05, 0.1) is 5.30 Å². The Kier molecular flexibility index (Phi) is 4.46. The molecule has 0 bridgehead atoms. The molecule has 22 heavy (non-hydrogen) atoms. The lowest BCUT2D eigenvalue weighted by Crippen LogP contribution is -2.23. The number of rotatable bonds is 3. The molecule has 0 heterocycles. The molecule has 3 rings (SSSR count). The smallest absolute Gasteiger partial charge is 0.261 e. The molecule has 0 aromatic heterocycles. The van der Waals surface area contributed by atoms with Gasteiger partial charge in [-0.1, -0.05) is 49.6 Å². The van der Waals surface area contributed by atoms with Crippen molar-refractivity contribution < 1.29 is 13.8 Å². The molecule has 1 atom stereocenters. The summed E-state index contributed by atoms with van der Waals surface area (Å²) >= 11 is 0. The molecule has 1 aliphatic rings. The SMILES string of the molecule is O=P(O)(c1ccccc1F)c1ccccc1C1CCCCC1. The zero-order valence-corrected chi connectivity index (χ0v) is 13.3. The van der Waals surface area contributed by atoms with Crippen LogP contribution in [0, 0.1) is 5.82 Å². The average molecular weight is 318 g/mol. The lowest BCUT2D eigenvalue weighted by atomic mass is 9.84. The van der Waals surface area contributed by atoms with Gasteiger partial charge < -0.3 is 4.89 Å². The summed E-state index contributed by atoms with van der Waals surface area (Å²) in [5, 5.41) is 0.297. The fourth-order valence-electron chi connectivity index (χ4n) is 3.35. The van der Waals surface area contributed by atoms with Crippen molar-refractivity contribution in [3.8, 4) is 0 Å². The third kappa shape index (κ3) is 2.88. The van der Waals surface area contributed by atoms with Crippen LogP contribution in [0.1, 0.15) is 43.6 Å². The van der Waals surface area contributed by atoms with Gasteiger partial charge in [0, 0.05) is 5.30 Å². The van der Waals surface area contributed by atoms with Gasteiger partial charge in [0.15, 0.2) is 0 Å². The van der Waals surface area contributed by atoms with E-state index in [0.29, 0.717) is 11.2 Å². The first-order valence-corrected chi connectivity index (χ1v) is 9.44. The molecule has 0 spiro atoms. The van der Waals surface area contributed by atoms with Crippen LogP contribution in [0.4, 0.5) is 4.39 Å². The molecule has 0 amide bonds. The van der Waals surface area contributed by atoms with Gasteiger partial charge in [-0.3, -0.25) is 4.57 Å². The van der Waals surface area contributed by atoms with Crippen LogP contribution in [0.3, 0.4) is 0 Å². The highest BCUT2D eigenvalue weighted by Gasteiger charge is 2.32. The van der Waals surface area contributed by atoms with Gasteiger partial charge in [-0.25, -0.2) is 4.39 Å². The van der Waals surface area contributed by atoms with Crippen molar-refractivity contribution in [2.45, 2.75) is 38.0 Å². The highest BCUT2D eigenvalue weighted by Crippen LogP contribution is 2.43. The summed E-state index contributed by atoms with van der Waals surface area (Å²) in [5.41, 5.74) is 0.913. The molecule has 116 valence electrons. The molecule has 1 N–H and O–H groups in total. The quantitative estimate of drug-likeness (QED) is 0.865. The first-order valence-electron chi connectivity index (χ1n) is 7.78. The topological polar surface area (TPSA) is 37.3 Å². The van der Waals surface area contributed by atoms with E-state index in [1.54, 1.807) is 18.2 Å². The Morgan fingerprint density at radius 3 is 2.18 bits per heavy atom. The Balaban J connectivity index is 2.08. The molecule has 0 saturated heterocycles. The lowest BCUT2D eigenvalue weighted by Gasteiger charge is -2.26. The molecule has 1 aliphatic carbocycles. The van der Waals surface area contributed by atoms with Crippen LogP contribution >= 0.6 is 7.37 Å². The summed E-state index contributed by atoms with van der Waals surface area (Å²) in [5.74, 6) is -0.316. The molecular formula is C18H20FO2P. The number of hydrogen-bond donors (Lipinski definition) is 1. The fourth-order valence-corrected chi connectivity index (χ4v) is 5.16. The van der Waals surface area contributed by atoms with Crippen LogP contribution in [-0.4, -0.2) is 4.89 Å². The Labute approximate surface area is 130 Å². The van der Waals surface area contributed by atoms with Gasteiger partial charge in [-0.05, 0) is 42.5 Å². The Hall–Kier alpha value is -1.44. The molecule has 2 aromatic rings. The largest absolute Gasteiger partial charge is 0.338 e. The number of hydrogen-bond acceptors (Lipinski definition) is 1. The number of halogens is 1. The summed E-state index contributed by atoms with van der Waals surface area (Å²) < 4.78 is 27.0. The van der Waals surface area contributed by atoms with Crippen LogP contribution < -0.4 is 10.6 Å². The predicted molar refractivity (Wildman–Crippen MR) is 87.8 cm³/mol. The zero-order valence-electron chi connectivity index (χ0n) is 12.4. The predicted octanol–water partition coefficient (Wildman–Crippen LogP) is 4.09. The fraction of sp³-hybridized carbons (Fsp3) is 0.333. The molecule has 1 unspecified atom stereocenters. The van der Waals surface area contributed by atoms with Gasteiger partial charge in [0.25, 0.3) is 7.37 Å². The van der Waals surface area contributed by atoms with E-state index in [9.17, 15) is 13.8 Å². The summed E-state index contributed by atoms with van der Waals surface area (Å²) in [6, 6.07) is 13.0. The van der Waals surface area contributed by atoms with Gasteiger partial charge in [-0.15, -0.1) is 0 Å². The third-order valence-electron chi connectivity index (χ3n) is 4.49. The maximum Gasteiger partial charge on any atom is 0.261 e. The van der Waals surface area contributed by atoms with Crippen molar-refractivity contribution in [1.82, 2.24) is 0 Å².